The van der Waals surface area contributed by atoms with Gasteiger partial charge in [0.05, 0.1) is 12.6 Å². The van der Waals surface area contributed by atoms with E-state index in [1.165, 1.54) is 18.5 Å². The third-order valence-corrected chi connectivity index (χ3v) is 5.35. The molecule has 0 fully saturated rings. The van der Waals surface area contributed by atoms with Crippen LogP contribution in [0.2, 0.25) is 5.02 Å². The van der Waals surface area contributed by atoms with E-state index in [-0.39, 0.29) is 24.0 Å². The van der Waals surface area contributed by atoms with E-state index in [1.54, 1.807) is 6.07 Å². The van der Waals surface area contributed by atoms with Gasteiger partial charge in [0, 0.05) is 30.5 Å². The van der Waals surface area contributed by atoms with Gasteiger partial charge in [-0.15, -0.1) is 0 Å². The van der Waals surface area contributed by atoms with Gasteiger partial charge in [-0.2, -0.15) is 0 Å². The van der Waals surface area contributed by atoms with Crippen molar-refractivity contribution in [3.8, 4) is 0 Å². The smallest absolute Gasteiger partial charge is 0.242 e. The molecule has 0 aliphatic carbocycles. The van der Waals surface area contributed by atoms with Crippen LogP contribution in [0.3, 0.4) is 0 Å². The number of aliphatic imine (C=N–C) groups is 1. The first-order valence-corrected chi connectivity index (χ1v) is 10.5. The normalized spacial score (nSPS) is 13.2. The molecule has 1 atom stereocenters. The summed E-state index contributed by atoms with van der Waals surface area (Å²) >= 11 is 6.04. The van der Waals surface area contributed by atoms with Crippen LogP contribution in [0.25, 0.3) is 0 Å². The lowest BCUT2D eigenvalue weighted by Gasteiger charge is -2.18. The van der Waals surface area contributed by atoms with Crippen LogP contribution >= 0.6 is 11.6 Å². The zero-order valence-corrected chi connectivity index (χ0v) is 16.9. The zero-order valence-electron chi connectivity index (χ0n) is 15.3. The Labute approximate surface area is 165 Å². The molecule has 7 nitrogen and oxygen atoms in total. The van der Waals surface area contributed by atoms with Crippen molar-refractivity contribution in [3.63, 3.8) is 0 Å². The summed E-state index contributed by atoms with van der Waals surface area (Å²) in [5.74, 6) is 0.602. The highest BCUT2D eigenvalue weighted by Crippen LogP contribution is 2.17. The SMILES string of the molecule is CCNC(=NCCNS(=O)(=O)c1cccnc1)NC(C)c1cccc(Cl)c1. The molecule has 0 amide bonds. The Balaban J connectivity index is 1.93. The number of aromatic nitrogens is 1. The van der Waals surface area contributed by atoms with Crippen LogP contribution in [0.1, 0.15) is 25.5 Å². The quantitative estimate of drug-likeness (QED) is 0.353. The first kappa shape index (κ1) is 21.1. The van der Waals surface area contributed by atoms with Gasteiger partial charge in [-0.25, -0.2) is 13.1 Å². The van der Waals surface area contributed by atoms with Gasteiger partial charge < -0.3 is 10.6 Å². The van der Waals surface area contributed by atoms with Crippen molar-refractivity contribution in [1.82, 2.24) is 20.3 Å². The molecule has 1 aromatic carbocycles. The largest absolute Gasteiger partial charge is 0.357 e. The van der Waals surface area contributed by atoms with Crippen LogP contribution in [0.15, 0.2) is 58.7 Å². The molecule has 0 saturated carbocycles. The summed E-state index contributed by atoms with van der Waals surface area (Å²) < 4.78 is 26.8. The molecular weight excluding hydrogens is 386 g/mol. The van der Waals surface area contributed by atoms with Gasteiger partial charge >= 0.3 is 0 Å². The minimum Gasteiger partial charge on any atom is -0.357 e. The van der Waals surface area contributed by atoms with Gasteiger partial charge in [-0.3, -0.25) is 9.98 Å². The van der Waals surface area contributed by atoms with E-state index in [9.17, 15) is 8.42 Å². The summed E-state index contributed by atoms with van der Waals surface area (Å²) in [4.78, 5) is 8.37. The molecule has 2 rings (SSSR count). The molecule has 27 heavy (non-hydrogen) atoms. The van der Waals surface area contributed by atoms with Crippen LogP contribution < -0.4 is 15.4 Å². The Hall–Kier alpha value is -2.16. The van der Waals surface area contributed by atoms with E-state index in [2.05, 4.69) is 25.3 Å². The van der Waals surface area contributed by atoms with E-state index in [0.29, 0.717) is 17.5 Å². The highest BCUT2D eigenvalue weighted by Gasteiger charge is 2.13. The Kier molecular flexibility index (Phi) is 8.02. The van der Waals surface area contributed by atoms with Crippen LogP contribution in [0.4, 0.5) is 0 Å². The summed E-state index contributed by atoms with van der Waals surface area (Å²) in [6, 6.07) is 10.7. The number of sulfonamides is 1. The molecule has 2 aromatic rings. The molecule has 0 bridgehead atoms. The van der Waals surface area contributed by atoms with Gasteiger partial charge in [0.1, 0.15) is 4.90 Å². The Morgan fingerprint density at radius 2 is 2.11 bits per heavy atom. The molecule has 1 heterocycles. The molecular formula is C18H24ClN5O2S. The summed E-state index contributed by atoms with van der Waals surface area (Å²) in [5.41, 5.74) is 1.03. The molecule has 0 aliphatic rings. The summed E-state index contributed by atoms with van der Waals surface area (Å²) in [7, 11) is -3.58. The third-order valence-electron chi connectivity index (χ3n) is 3.66. The first-order valence-electron chi connectivity index (χ1n) is 8.62. The van der Waals surface area contributed by atoms with Crippen molar-refractivity contribution in [2.75, 3.05) is 19.6 Å². The predicted molar refractivity (Wildman–Crippen MR) is 108 cm³/mol. The van der Waals surface area contributed by atoms with Crippen molar-refractivity contribution >= 4 is 27.6 Å². The van der Waals surface area contributed by atoms with Crippen LogP contribution in [0.5, 0.6) is 0 Å². The number of benzene rings is 1. The van der Waals surface area contributed by atoms with E-state index in [0.717, 1.165) is 5.56 Å². The number of nitrogens with zero attached hydrogens (tertiary/aromatic N) is 2. The Bertz CT molecular complexity index is 859. The number of pyridine rings is 1. The second-order valence-electron chi connectivity index (χ2n) is 5.77. The van der Waals surface area contributed by atoms with Crippen LogP contribution in [-0.2, 0) is 10.0 Å². The molecule has 146 valence electrons. The fourth-order valence-corrected chi connectivity index (χ4v) is 3.50. The maximum atomic E-state index is 12.2. The highest BCUT2D eigenvalue weighted by atomic mass is 35.5. The molecule has 0 radical (unpaired) electrons. The van der Waals surface area contributed by atoms with E-state index in [1.807, 2.05) is 38.1 Å². The molecule has 0 saturated heterocycles. The van der Waals surface area contributed by atoms with Crippen molar-refractivity contribution in [3.05, 3.63) is 59.4 Å². The van der Waals surface area contributed by atoms with Crippen molar-refractivity contribution < 1.29 is 8.42 Å². The maximum Gasteiger partial charge on any atom is 0.242 e. The van der Waals surface area contributed by atoms with Gasteiger partial charge in [-0.1, -0.05) is 23.7 Å². The molecule has 3 N–H and O–H groups in total. The lowest BCUT2D eigenvalue weighted by Crippen LogP contribution is -2.39. The second-order valence-corrected chi connectivity index (χ2v) is 7.97. The minimum absolute atomic E-state index is 0.00594. The fourth-order valence-electron chi connectivity index (χ4n) is 2.32. The second kappa shape index (κ2) is 10.2. The van der Waals surface area contributed by atoms with Gasteiger partial charge in [-0.05, 0) is 43.7 Å². The number of guanidine groups is 1. The van der Waals surface area contributed by atoms with E-state index in [4.69, 9.17) is 11.6 Å². The van der Waals surface area contributed by atoms with Gasteiger partial charge in [0.15, 0.2) is 5.96 Å². The summed E-state index contributed by atoms with van der Waals surface area (Å²) in [6.45, 7) is 5.13. The molecule has 0 spiro atoms. The number of nitrogens with one attached hydrogen (secondary N) is 3. The average molecular weight is 410 g/mol. The maximum absolute atomic E-state index is 12.2. The van der Waals surface area contributed by atoms with Gasteiger partial charge in [0.2, 0.25) is 10.0 Å². The number of hydrogen-bond donors (Lipinski definition) is 3. The summed E-state index contributed by atoms with van der Waals surface area (Å²) in [5, 5.41) is 7.10. The topological polar surface area (TPSA) is 95.5 Å². The lowest BCUT2D eigenvalue weighted by atomic mass is 10.1. The summed E-state index contributed by atoms with van der Waals surface area (Å²) in [6.07, 6.45) is 2.84. The average Bonchev–Trinajstić information content (AvgIpc) is 2.66. The van der Waals surface area contributed by atoms with E-state index < -0.39 is 10.0 Å². The predicted octanol–water partition coefficient (Wildman–Crippen LogP) is 2.33. The van der Waals surface area contributed by atoms with Gasteiger partial charge in [0.25, 0.3) is 0 Å². The number of hydrogen-bond acceptors (Lipinski definition) is 4. The van der Waals surface area contributed by atoms with E-state index >= 15 is 0 Å². The fraction of sp³-hybridized carbons (Fsp3) is 0.333. The van der Waals surface area contributed by atoms with Crippen LogP contribution in [0, 0.1) is 0 Å². The standard InChI is InChI=1S/C18H24ClN5O2S/c1-3-21-18(24-14(2)15-6-4-7-16(19)12-15)22-10-11-23-27(25,26)17-8-5-9-20-13-17/h4-9,12-14,23H,3,10-11H2,1-2H3,(H2,21,22,24). The van der Waals surface area contributed by atoms with Crippen molar-refractivity contribution in [1.29, 1.82) is 0 Å². The molecule has 0 aliphatic heterocycles. The first-order chi connectivity index (χ1) is 12.9. The zero-order chi connectivity index (χ0) is 19.7. The minimum atomic E-state index is -3.58. The number of halogens is 1. The molecule has 1 aromatic heterocycles. The Morgan fingerprint density at radius 3 is 2.78 bits per heavy atom. The molecule has 9 heteroatoms. The lowest BCUT2D eigenvalue weighted by molar-refractivity contribution is 0.581. The highest BCUT2D eigenvalue weighted by molar-refractivity contribution is 7.89. The Morgan fingerprint density at radius 1 is 1.30 bits per heavy atom. The third kappa shape index (κ3) is 6.82. The number of rotatable bonds is 8. The van der Waals surface area contributed by atoms with Crippen LogP contribution in [-0.4, -0.2) is 39.0 Å². The van der Waals surface area contributed by atoms with Crippen molar-refractivity contribution in [2.45, 2.75) is 24.8 Å². The monoisotopic (exact) mass is 409 g/mol. The van der Waals surface area contributed by atoms with Crippen molar-refractivity contribution in [2.24, 2.45) is 4.99 Å². The molecule has 1 unspecified atom stereocenters.